The van der Waals surface area contributed by atoms with Gasteiger partial charge in [0.05, 0.1) is 5.41 Å². The molecule has 4 rings (SSSR count). The zero-order valence-electron chi connectivity index (χ0n) is 13.8. The van der Waals surface area contributed by atoms with Crippen molar-refractivity contribution in [1.29, 1.82) is 0 Å². The first kappa shape index (κ1) is 15.3. The van der Waals surface area contributed by atoms with Crippen molar-refractivity contribution in [3.05, 3.63) is 36.2 Å². The van der Waals surface area contributed by atoms with Gasteiger partial charge in [0, 0.05) is 24.2 Å². The number of carbonyl (C=O) groups is 1. The fourth-order valence-corrected chi connectivity index (χ4v) is 4.23. The predicted molar refractivity (Wildman–Crippen MR) is 88.9 cm³/mol. The first-order valence-corrected chi connectivity index (χ1v) is 8.61. The van der Waals surface area contributed by atoms with Crippen molar-refractivity contribution in [2.24, 2.45) is 5.41 Å². The minimum Gasteiger partial charge on any atom is -0.351 e. The summed E-state index contributed by atoms with van der Waals surface area (Å²) in [6.07, 6.45) is 5.50. The summed E-state index contributed by atoms with van der Waals surface area (Å²) in [6.45, 7) is 2.67. The molecular formula is C18H22N4O2. The minimum atomic E-state index is -0.229. The molecule has 2 saturated heterocycles. The zero-order valence-corrected chi connectivity index (χ0v) is 13.8. The summed E-state index contributed by atoms with van der Waals surface area (Å²) in [5.41, 5.74) is 1.74. The minimum absolute atomic E-state index is 0.187. The molecule has 1 aromatic heterocycles. The van der Waals surface area contributed by atoms with E-state index in [1.165, 1.54) is 12.8 Å². The molecule has 2 N–H and O–H groups in total. The maximum atomic E-state index is 12.8. The van der Waals surface area contributed by atoms with Crippen LogP contribution in [0.1, 0.15) is 38.2 Å². The molecular weight excluding hydrogens is 304 g/mol. The van der Waals surface area contributed by atoms with Crippen LogP contribution in [0.2, 0.25) is 0 Å². The van der Waals surface area contributed by atoms with Crippen LogP contribution in [0, 0.1) is 5.41 Å². The summed E-state index contributed by atoms with van der Waals surface area (Å²) >= 11 is 0. The monoisotopic (exact) mass is 326 g/mol. The van der Waals surface area contributed by atoms with Crippen molar-refractivity contribution in [3.8, 4) is 11.4 Å². The number of rotatable bonds is 5. The number of nitrogens with one attached hydrogen (secondary N) is 2. The number of fused-ring (bicyclic) bond motifs is 2. The third-order valence-electron chi connectivity index (χ3n) is 5.63. The number of amides is 1. The Hall–Kier alpha value is -2.21. The van der Waals surface area contributed by atoms with E-state index >= 15 is 0 Å². The van der Waals surface area contributed by atoms with Crippen molar-refractivity contribution in [1.82, 2.24) is 20.8 Å². The molecule has 2 bridgehead atoms. The smallest absolute Gasteiger partial charge is 0.228 e. The number of benzene rings is 1. The van der Waals surface area contributed by atoms with Gasteiger partial charge in [-0.2, -0.15) is 4.98 Å². The van der Waals surface area contributed by atoms with Crippen LogP contribution in [0.25, 0.3) is 11.4 Å². The molecule has 1 aromatic carbocycles. The quantitative estimate of drug-likeness (QED) is 0.881. The van der Waals surface area contributed by atoms with Crippen LogP contribution in [-0.2, 0) is 11.3 Å². The molecule has 2 aromatic rings. The van der Waals surface area contributed by atoms with E-state index in [1.54, 1.807) is 0 Å². The lowest BCUT2D eigenvalue weighted by atomic mass is 9.71. The van der Waals surface area contributed by atoms with Gasteiger partial charge in [-0.1, -0.05) is 36.3 Å². The van der Waals surface area contributed by atoms with Gasteiger partial charge in [0.15, 0.2) is 0 Å². The second kappa shape index (κ2) is 6.02. The summed E-state index contributed by atoms with van der Waals surface area (Å²) < 4.78 is 4.76. The molecule has 126 valence electrons. The molecule has 0 saturated carbocycles. The van der Waals surface area contributed by atoms with E-state index < -0.39 is 0 Å². The average Bonchev–Trinajstić information content (AvgIpc) is 3.36. The maximum absolute atomic E-state index is 12.8. The van der Waals surface area contributed by atoms with Gasteiger partial charge in [-0.25, -0.2) is 0 Å². The van der Waals surface area contributed by atoms with Gasteiger partial charge in [-0.05, 0) is 31.2 Å². The average molecular weight is 326 g/mol. The summed E-state index contributed by atoms with van der Waals surface area (Å²) in [6, 6.07) is 8.73. The predicted octanol–water partition coefficient (Wildman–Crippen LogP) is 2.27. The first-order valence-electron chi connectivity index (χ1n) is 8.61. The van der Waals surface area contributed by atoms with Crippen LogP contribution in [-0.4, -0.2) is 28.1 Å². The van der Waals surface area contributed by atoms with Gasteiger partial charge in [0.1, 0.15) is 0 Å². The number of carbonyl (C=O) groups excluding carboxylic acids is 1. The SMILES string of the molecule is CC[C@@]1(C(=O)NCc2ccc(-c3ncon3)cc2)C[C@@H]2CC[C@H]1N2. The molecule has 0 unspecified atom stereocenters. The molecule has 2 fully saturated rings. The highest BCUT2D eigenvalue weighted by atomic mass is 16.5. The van der Waals surface area contributed by atoms with Crippen LogP contribution in [0.15, 0.2) is 35.2 Å². The highest BCUT2D eigenvalue weighted by Crippen LogP contribution is 2.45. The normalized spacial score (nSPS) is 28.2. The van der Waals surface area contributed by atoms with Crippen LogP contribution < -0.4 is 10.6 Å². The third-order valence-corrected chi connectivity index (χ3v) is 5.63. The summed E-state index contributed by atoms with van der Waals surface area (Å²) in [5, 5.41) is 10.6. The van der Waals surface area contributed by atoms with Crippen LogP contribution >= 0.6 is 0 Å². The Balaban J connectivity index is 1.40. The second-order valence-corrected chi connectivity index (χ2v) is 6.84. The standard InChI is InChI=1S/C18H22N4O2/c1-2-18(9-14-7-8-15(18)21-14)17(23)19-10-12-3-5-13(6-4-12)16-20-11-24-22-16/h3-6,11,14-15,21H,2,7-10H2,1H3,(H,19,23)/t14-,15+,18+/m0/s1. The van der Waals surface area contributed by atoms with Crippen molar-refractivity contribution >= 4 is 5.91 Å². The lowest BCUT2D eigenvalue weighted by molar-refractivity contribution is -0.132. The van der Waals surface area contributed by atoms with E-state index in [-0.39, 0.29) is 11.3 Å². The van der Waals surface area contributed by atoms with Crippen LogP contribution in [0.4, 0.5) is 0 Å². The number of nitrogens with zero attached hydrogens (tertiary/aromatic N) is 2. The molecule has 2 aliphatic rings. The Morgan fingerprint density at radius 2 is 2.21 bits per heavy atom. The Morgan fingerprint density at radius 1 is 1.38 bits per heavy atom. The van der Waals surface area contributed by atoms with E-state index in [4.69, 9.17) is 4.52 Å². The zero-order chi connectivity index (χ0) is 16.6. The van der Waals surface area contributed by atoms with E-state index in [2.05, 4.69) is 27.7 Å². The van der Waals surface area contributed by atoms with Crippen molar-refractivity contribution < 1.29 is 9.32 Å². The molecule has 2 aliphatic heterocycles. The summed E-state index contributed by atoms with van der Waals surface area (Å²) in [5.74, 6) is 0.760. The maximum Gasteiger partial charge on any atom is 0.228 e. The summed E-state index contributed by atoms with van der Waals surface area (Å²) in [4.78, 5) is 16.9. The Kier molecular flexibility index (Phi) is 3.84. The molecule has 3 atom stereocenters. The lowest BCUT2D eigenvalue weighted by Gasteiger charge is -2.34. The second-order valence-electron chi connectivity index (χ2n) is 6.84. The fraction of sp³-hybridized carbons (Fsp3) is 0.500. The van der Waals surface area contributed by atoms with Crippen molar-refractivity contribution in [2.45, 2.75) is 51.2 Å². The fourth-order valence-electron chi connectivity index (χ4n) is 4.23. The highest BCUT2D eigenvalue weighted by Gasteiger charge is 2.54. The third kappa shape index (κ3) is 2.51. The number of hydrogen-bond donors (Lipinski definition) is 2. The van der Waals surface area contributed by atoms with Crippen molar-refractivity contribution in [2.75, 3.05) is 0 Å². The van der Waals surface area contributed by atoms with E-state index in [0.29, 0.717) is 24.5 Å². The van der Waals surface area contributed by atoms with Gasteiger partial charge < -0.3 is 15.2 Å². The largest absolute Gasteiger partial charge is 0.351 e. The highest BCUT2D eigenvalue weighted by molar-refractivity contribution is 5.84. The van der Waals surface area contributed by atoms with E-state index in [0.717, 1.165) is 30.4 Å². The molecule has 6 heteroatoms. The Bertz CT molecular complexity index is 713. The topological polar surface area (TPSA) is 80.1 Å². The molecule has 24 heavy (non-hydrogen) atoms. The first-order chi connectivity index (χ1) is 11.7. The van der Waals surface area contributed by atoms with Gasteiger partial charge >= 0.3 is 0 Å². The molecule has 6 nitrogen and oxygen atoms in total. The number of aromatic nitrogens is 2. The number of hydrogen-bond acceptors (Lipinski definition) is 5. The van der Waals surface area contributed by atoms with Gasteiger partial charge in [-0.15, -0.1) is 0 Å². The molecule has 0 aliphatic carbocycles. The Labute approximate surface area is 141 Å². The molecule has 1 amide bonds. The van der Waals surface area contributed by atoms with Gasteiger partial charge in [0.2, 0.25) is 18.1 Å². The van der Waals surface area contributed by atoms with Crippen LogP contribution in [0.5, 0.6) is 0 Å². The van der Waals surface area contributed by atoms with E-state index in [1.807, 2.05) is 24.3 Å². The van der Waals surface area contributed by atoms with Crippen molar-refractivity contribution in [3.63, 3.8) is 0 Å². The van der Waals surface area contributed by atoms with E-state index in [9.17, 15) is 4.79 Å². The van der Waals surface area contributed by atoms with Gasteiger partial charge in [-0.3, -0.25) is 4.79 Å². The molecule has 0 spiro atoms. The molecule has 0 radical (unpaired) electrons. The summed E-state index contributed by atoms with van der Waals surface area (Å²) in [7, 11) is 0. The lowest BCUT2D eigenvalue weighted by Crippen LogP contribution is -2.47. The Morgan fingerprint density at radius 3 is 2.79 bits per heavy atom. The van der Waals surface area contributed by atoms with Gasteiger partial charge in [0.25, 0.3) is 0 Å². The van der Waals surface area contributed by atoms with Crippen LogP contribution in [0.3, 0.4) is 0 Å². The molecule has 3 heterocycles.